The minimum atomic E-state index is -0.536. The van der Waals surface area contributed by atoms with Crippen LogP contribution in [0.1, 0.15) is 43.0 Å². The van der Waals surface area contributed by atoms with E-state index >= 15 is 0 Å². The van der Waals surface area contributed by atoms with E-state index in [1.807, 2.05) is 11.8 Å². The van der Waals surface area contributed by atoms with Crippen molar-refractivity contribution in [1.82, 2.24) is 4.90 Å². The fraction of sp³-hybridized carbons (Fsp3) is 0.556. The number of Topliss-reactive ketones (excluding diaryl/α,β-unsaturated/α-hetero) is 1. The van der Waals surface area contributed by atoms with Gasteiger partial charge < -0.3 is 19.1 Å². The molecule has 2 heterocycles. The summed E-state index contributed by atoms with van der Waals surface area (Å²) in [6.07, 6.45) is 2.13. The third-order valence-electron chi connectivity index (χ3n) is 4.91. The van der Waals surface area contributed by atoms with Gasteiger partial charge in [-0.3, -0.25) is 9.59 Å². The minimum absolute atomic E-state index is 0.0195. The number of fused-ring (bicyclic) bond motifs is 1. The lowest BCUT2D eigenvalue weighted by molar-refractivity contribution is -0.134. The first kappa shape index (κ1) is 16.6. The molecule has 0 bridgehead atoms. The Morgan fingerprint density at radius 3 is 2.54 bits per heavy atom. The third kappa shape index (κ3) is 2.81. The van der Waals surface area contributed by atoms with Gasteiger partial charge in [0.15, 0.2) is 5.78 Å². The van der Waals surface area contributed by atoms with Crippen molar-refractivity contribution in [2.75, 3.05) is 27.3 Å². The smallest absolute Gasteiger partial charge is 0.222 e. The summed E-state index contributed by atoms with van der Waals surface area (Å²) in [5, 5.41) is 0. The molecule has 3 rings (SSSR count). The van der Waals surface area contributed by atoms with Crippen LogP contribution in [-0.2, 0) is 4.79 Å². The molecule has 6 nitrogen and oxygen atoms in total. The predicted octanol–water partition coefficient (Wildman–Crippen LogP) is 2.44. The van der Waals surface area contributed by atoms with Crippen molar-refractivity contribution >= 4 is 11.7 Å². The monoisotopic (exact) mass is 333 g/mol. The van der Waals surface area contributed by atoms with Crippen molar-refractivity contribution in [1.29, 1.82) is 0 Å². The number of ether oxygens (including phenoxy) is 3. The van der Waals surface area contributed by atoms with Crippen molar-refractivity contribution in [3.05, 3.63) is 17.7 Å². The molecule has 0 aliphatic carbocycles. The largest absolute Gasteiger partial charge is 0.496 e. The zero-order valence-corrected chi connectivity index (χ0v) is 14.4. The first-order valence-electron chi connectivity index (χ1n) is 8.28. The highest BCUT2D eigenvalue weighted by Gasteiger charge is 2.44. The number of hydrogen-bond donors (Lipinski definition) is 0. The molecule has 0 atom stereocenters. The van der Waals surface area contributed by atoms with Gasteiger partial charge in [-0.2, -0.15) is 0 Å². The fourth-order valence-corrected chi connectivity index (χ4v) is 3.52. The summed E-state index contributed by atoms with van der Waals surface area (Å²) in [6.45, 7) is 3.11. The minimum Gasteiger partial charge on any atom is -0.496 e. The molecule has 1 aromatic carbocycles. The summed E-state index contributed by atoms with van der Waals surface area (Å²) in [5.74, 6) is 1.75. The van der Waals surface area contributed by atoms with E-state index < -0.39 is 5.60 Å². The summed E-state index contributed by atoms with van der Waals surface area (Å²) >= 11 is 0. The number of benzene rings is 1. The lowest BCUT2D eigenvalue weighted by Gasteiger charge is -2.44. The molecule has 1 aromatic rings. The first-order valence-corrected chi connectivity index (χ1v) is 8.28. The highest BCUT2D eigenvalue weighted by molar-refractivity contribution is 6.03. The summed E-state index contributed by atoms with van der Waals surface area (Å²) in [7, 11) is 3.10. The molecule has 0 N–H and O–H groups in total. The number of carbonyl (C=O) groups excluding carboxylic acids is 2. The van der Waals surface area contributed by atoms with E-state index in [-0.39, 0.29) is 11.7 Å². The van der Waals surface area contributed by atoms with Crippen LogP contribution in [0.4, 0.5) is 0 Å². The van der Waals surface area contributed by atoms with E-state index in [2.05, 4.69) is 0 Å². The van der Waals surface area contributed by atoms with Crippen LogP contribution < -0.4 is 14.2 Å². The summed E-state index contributed by atoms with van der Waals surface area (Å²) in [6, 6.07) is 3.43. The molecule has 6 heteroatoms. The highest BCUT2D eigenvalue weighted by Crippen LogP contribution is 2.44. The molecule has 1 fully saturated rings. The van der Waals surface area contributed by atoms with Crippen molar-refractivity contribution < 1.29 is 23.8 Å². The molecule has 0 saturated carbocycles. The van der Waals surface area contributed by atoms with Gasteiger partial charge in [-0.25, -0.2) is 0 Å². The maximum absolute atomic E-state index is 12.7. The standard InChI is InChI=1S/C18H23NO5/c1-4-16(21)19-7-5-18(6-8-19)11-13(20)17-14(23-3)9-12(22-2)10-15(17)24-18/h9-10H,4-8,11H2,1-3H3. The van der Waals surface area contributed by atoms with E-state index in [0.717, 1.165) is 0 Å². The van der Waals surface area contributed by atoms with Crippen LogP contribution in [0.2, 0.25) is 0 Å². The van der Waals surface area contributed by atoms with Gasteiger partial charge >= 0.3 is 0 Å². The Balaban J connectivity index is 1.87. The zero-order valence-electron chi connectivity index (χ0n) is 14.4. The lowest BCUT2D eigenvalue weighted by Crippen LogP contribution is -2.52. The number of hydrogen-bond acceptors (Lipinski definition) is 5. The fourth-order valence-electron chi connectivity index (χ4n) is 3.52. The van der Waals surface area contributed by atoms with E-state index in [9.17, 15) is 9.59 Å². The Bertz CT molecular complexity index is 662. The van der Waals surface area contributed by atoms with Gasteiger partial charge in [0.2, 0.25) is 5.91 Å². The summed E-state index contributed by atoms with van der Waals surface area (Å²) < 4.78 is 16.9. The molecular weight excluding hydrogens is 310 g/mol. The Kier molecular flexibility index (Phi) is 4.39. The van der Waals surface area contributed by atoms with Gasteiger partial charge in [0.25, 0.3) is 0 Å². The second-order valence-electron chi connectivity index (χ2n) is 6.32. The lowest BCUT2D eigenvalue weighted by atomic mass is 9.82. The van der Waals surface area contributed by atoms with Gasteiger partial charge in [0, 0.05) is 44.5 Å². The number of ketones is 1. The quantitative estimate of drug-likeness (QED) is 0.850. The molecule has 0 aromatic heterocycles. The molecular formula is C18H23NO5. The molecule has 2 aliphatic rings. The molecule has 2 aliphatic heterocycles. The van der Waals surface area contributed by atoms with Crippen molar-refractivity contribution in [3.63, 3.8) is 0 Å². The number of piperidine rings is 1. The highest BCUT2D eigenvalue weighted by atomic mass is 16.5. The van der Waals surface area contributed by atoms with Crippen LogP contribution in [0.25, 0.3) is 0 Å². The van der Waals surface area contributed by atoms with Gasteiger partial charge in [-0.1, -0.05) is 6.92 Å². The van der Waals surface area contributed by atoms with Crippen molar-refractivity contribution in [3.8, 4) is 17.2 Å². The van der Waals surface area contributed by atoms with E-state index in [1.165, 1.54) is 7.11 Å². The molecule has 1 amide bonds. The van der Waals surface area contributed by atoms with Crippen molar-refractivity contribution in [2.24, 2.45) is 0 Å². The van der Waals surface area contributed by atoms with Gasteiger partial charge in [-0.05, 0) is 0 Å². The van der Waals surface area contributed by atoms with Crippen molar-refractivity contribution in [2.45, 2.75) is 38.2 Å². The van der Waals surface area contributed by atoms with Gasteiger partial charge in [0.1, 0.15) is 28.4 Å². The number of methoxy groups -OCH3 is 2. The Morgan fingerprint density at radius 2 is 1.96 bits per heavy atom. The predicted molar refractivity (Wildman–Crippen MR) is 88.0 cm³/mol. The summed E-state index contributed by atoms with van der Waals surface area (Å²) in [4.78, 5) is 26.4. The van der Waals surface area contributed by atoms with Gasteiger partial charge in [0.05, 0.1) is 20.6 Å². The van der Waals surface area contributed by atoms with E-state index in [0.29, 0.717) is 61.6 Å². The maximum atomic E-state index is 12.7. The van der Waals surface area contributed by atoms with Crippen LogP contribution in [0.15, 0.2) is 12.1 Å². The van der Waals surface area contributed by atoms with Crippen LogP contribution in [0, 0.1) is 0 Å². The second kappa shape index (κ2) is 6.34. The molecule has 24 heavy (non-hydrogen) atoms. The Morgan fingerprint density at radius 1 is 1.25 bits per heavy atom. The van der Waals surface area contributed by atoms with Crippen LogP contribution in [0.3, 0.4) is 0 Å². The van der Waals surface area contributed by atoms with Gasteiger partial charge in [-0.15, -0.1) is 0 Å². The van der Waals surface area contributed by atoms with Crippen LogP contribution >= 0.6 is 0 Å². The molecule has 1 spiro atoms. The number of rotatable bonds is 3. The normalized spacial score (nSPS) is 18.8. The SMILES string of the molecule is CCC(=O)N1CCC2(CC1)CC(=O)c1c(OC)cc(OC)cc1O2. The zero-order chi connectivity index (χ0) is 17.3. The summed E-state index contributed by atoms with van der Waals surface area (Å²) in [5.41, 5.74) is -0.0533. The van der Waals surface area contributed by atoms with Crippen LogP contribution in [-0.4, -0.2) is 49.5 Å². The Labute approximate surface area is 141 Å². The number of likely N-dealkylation sites (tertiary alicyclic amines) is 1. The maximum Gasteiger partial charge on any atom is 0.222 e. The first-order chi connectivity index (χ1) is 11.5. The van der Waals surface area contributed by atoms with E-state index in [4.69, 9.17) is 14.2 Å². The molecule has 130 valence electrons. The topological polar surface area (TPSA) is 65.1 Å². The van der Waals surface area contributed by atoms with E-state index in [1.54, 1.807) is 19.2 Å². The molecule has 1 saturated heterocycles. The average Bonchev–Trinajstić information content (AvgIpc) is 2.60. The second-order valence-corrected chi connectivity index (χ2v) is 6.32. The van der Waals surface area contributed by atoms with Crippen LogP contribution in [0.5, 0.6) is 17.2 Å². The molecule has 0 unspecified atom stereocenters. The number of amides is 1. The Hall–Kier alpha value is -2.24. The molecule has 0 radical (unpaired) electrons. The average molecular weight is 333 g/mol. The number of carbonyl (C=O) groups is 2. The third-order valence-corrected chi connectivity index (χ3v) is 4.91. The number of nitrogens with zero attached hydrogens (tertiary/aromatic N) is 1.